The van der Waals surface area contributed by atoms with Crippen molar-refractivity contribution in [2.45, 2.75) is 26.9 Å². The highest BCUT2D eigenvalue weighted by Gasteiger charge is 2.12. The van der Waals surface area contributed by atoms with Crippen LogP contribution in [-0.4, -0.2) is 28.7 Å². The predicted octanol–water partition coefficient (Wildman–Crippen LogP) is 5.08. The van der Waals surface area contributed by atoms with Gasteiger partial charge in [-0.1, -0.05) is 41.9 Å². The van der Waals surface area contributed by atoms with Gasteiger partial charge in [-0.15, -0.1) is 0 Å². The summed E-state index contributed by atoms with van der Waals surface area (Å²) in [6.45, 7) is 5.22. The summed E-state index contributed by atoms with van der Waals surface area (Å²) in [7, 11) is 0. The van der Waals surface area contributed by atoms with Crippen LogP contribution in [0.15, 0.2) is 66.7 Å². The highest BCUT2D eigenvalue weighted by Crippen LogP contribution is 2.26. The van der Waals surface area contributed by atoms with Crippen LogP contribution >= 0.6 is 11.6 Å². The molecule has 1 N–H and O–H groups in total. The fourth-order valence-corrected chi connectivity index (χ4v) is 3.76. The molecule has 0 saturated carbocycles. The molecule has 4 aromatic rings. The number of halogens is 1. The highest BCUT2D eigenvalue weighted by atomic mass is 35.5. The van der Waals surface area contributed by atoms with Crippen molar-refractivity contribution in [1.29, 1.82) is 0 Å². The number of hydrogen-bond donors (Lipinski definition) is 1. The van der Waals surface area contributed by atoms with Crippen molar-refractivity contribution in [2.24, 2.45) is 0 Å². The van der Waals surface area contributed by atoms with E-state index in [0.717, 1.165) is 38.8 Å². The standard InChI is InChI=1S/C26H26ClN3O3/c1-18-14-21(15-19(2)26(18)27)32-13-12-30-23-11-7-6-10-22(23)29-24(30)16-28-25(31)17-33-20-8-4-3-5-9-20/h3-11,14-15H,12-13,16-17H2,1-2H3,(H,28,31). The Morgan fingerprint density at radius 1 is 0.970 bits per heavy atom. The summed E-state index contributed by atoms with van der Waals surface area (Å²) in [4.78, 5) is 17.0. The lowest BCUT2D eigenvalue weighted by molar-refractivity contribution is -0.123. The SMILES string of the molecule is Cc1cc(OCCn2c(CNC(=O)COc3ccccc3)nc3ccccc32)cc(C)c1Cl. The first-order valence-corrected chi connectivity index (χ1v) is 11.2. The van der Waals surface area contributed by atoms with Gasteiger partial charge in [-0.3, -0.25) is 4.79 Å². The Bertz CT molecular complexity index is 1230. The number of fused-ring (bicyclic) bond motifs is 1. The van der Waals surface area contributed by atoms with Gasteiger partial charge in [0.15, 0.2) is 6.61 Å². The Balaban J connectivity index is 1.40. The van der Waals surface area contributed by atoms with Gasteiger partial charge in [0, 0.05) is 5.02 Å². The fraction of sp³-hybridized carbons (Fsp3) is 0.231. The van der Waals surface area contributed by atoms with Gasteiger partial charge in [0.25, 0.3) is 5.91 Å². The molecule has 0 saturated heterocycles. The first-order valence-electron chi connectivity index (χ1n) is 10.8. The molecule has 0 unspecified atom stereocenters. The molecular weight excluding hydrogens is 438 g/mol. The number of aromatic nitrogens is 2. The molecule has 6 nitrogen and oxygen atoms in total. The lowest BCUT2D eigenvalue weighted by Gasteiger charge is -2.13. The summed E-state index contributed by atoms with van der Waals surface area (Å²) < 4.78 is 13.6. The van der Waals surface area contributed by atoms with Crippen LogP contribution in [0.5, 0.6) is 11.5 Å². The number of benzene rings is 3. The Morgan fingerprint density at radius 2 is 1.67 bits per heavy atom. The summed E-state index contributed by atoms with van der Waals surface area (Å²) in [6, 6.07) is 21.0. The second-order valence-electron chi connectivity index (χ2n) is 7.77. The zero-order chi connectivity index (χ0) is 23.2. The maximum Gasteiger partial charge on any atom is 0.258 e. The normalized spacial score (nSPS) is 10.9. The maximum atomic E-state index is 12.3. The molecule has 0 bridgehead atoms. The summed E-state index contributed by atoms with van der Waals surface area (Å²) in [6.07, 6.45) is 0. The molecule has 7 heteroatoms. The number of aryl methyl sites for hydroxylation is 2. The number of imidazole rings is 1. The zero-order valence-corrected chi connectivity index (χ0v) is 19.4. The molecule has 0 radical (unpaired) electrons. The number of amides is 1. The van der Waals surface area contributed by atoms with Crippen LogP contribution < -0.4 is 14.8 Å². The summed E-state index contributed by atoms with van der Waals surface area (Å²) in [5.41, 5.74) is 3.84. The molecule has 0 aliphatic heterocycles. The molecular formula is C26H26ClN3O3. The smallest absolute Gasteiger partial charge is 0.258 e. The number of nitrogens with zero attached hydrogens (tertiary/aromatic N) is 2. The largest absolute Gasteiger partial charge is 0.492 e. The lowest BCUT2D eigenvalue weighted by Crippen LogP contribution is -2.29. The van der Waals surface area contributed by atoms with Gasteiger partial charge in [0.05, 0.1) is 24.1 Å². The van der Waals surface area contributed by atoms with E-state index in [9.17, 15) is 4.79 Å². The maximum absolute atomic E-state index is 12.3. The first-order chi connectivity index (χ1) is 16.0. The molecule has 0 spiro atoms. The minimum atomic E-state index is -0.208. The van der Waals surface area contributed by atoms with E-state index in [1.165, 1.54) is 0 Å². The van der Waals surface area contributed by atoms with Gasteiger partial charge in [-0.05, 0) is 61.4 Å². The van der Waals surface area contributed by atoms with Crippen molar-refractivity contribution in [3.63, 3.8) is 0 Å². The van der Waals surface area contributed by atoms with Gasteiger partial charge < -0.3 is 19.4 Å². The van der Waals surface area contributed by atoms with Gasteiger partial charge in [0.1, 0.15) is 23.9 Å². The number of hydrogen-bond acceptors (Lipinski definition) is 4. The first kappa shape index (κ1) is 22.7. The summed E-state index contributed by atoms with van der Waals surface area (Å²) in [5, 5.41) is 3.66. The lowest BCUT2D eigenvalue weighted by atomic mass is 10.1. The Hall–Kier alpha value is -3.51. The second-order valence-corrected chi connectivity index (χ2v) is 8.14. The molecule has 0 aliphatic carbocycles. The molecule has 3 aromatic carbocycles. The van der Waals surface area contributed by atoms with E-state index in [4.69, 9.17) is 26.1 Å². The second kappa shape index (κ2) is 10.4. The van der Waals surface area contributed by atoms with Crippen LogP contribution in [0.2, 0.25) is 5.02 Å². The number of carbonyl (C=O) groups excluding carboxylic acids is 1. The van der Waals surface area contributed by atoms with Crippen molar-refractivity contribution in [3.8, 4) is 11.5 Å². The quantitative estimate of drug-likeness (QED) is 0.376. The van der Waals surface area contributed by atoms with Crippen molar-refractivity contribution < 1.29 is 14.3 Å². The fourth-order valence-electron chi connectivity index (χ4n) is 3.65. The molecule has 1 heterocycles. The van der Waals surface area contributed by atoms with Gasteiger partial charge in [-0.2, -0.15) is 0 Å². The van der Waals surface area contributed by atoms with E-state index in [1.54, 1.807) is 0 Å². The Labute approximate surface area is 198 Å². The monoisotopic (exact) mass is 463 g/mol. The van der Waals surface area contributed by atoms with E-state index < -0.39 is 0 Å². The van der Waals surface area contributed by atoms with Crippen LogP contribution in [0, 0.1) is 13.8 Å². The van der Waals surface area contributed by atoms with E-state index in [-0.39, 0.29) is 12.5 Å². The number of ether oxygens (including phenoxy) is 2. The molecule has 1 amide bonds. The van der Waals surface area contributed by atoms with Crippen molar-refractivity contribution in [2.75, 3.05) is 13.2 Å². The van der Waals surface area contributed by atoms with Crippen LogP contribution in [0.4, 0.5) is 0 Å². The average molecular weight is 464 g/mol. The summed E-state index contributed by atoms with van der Waals surface area (Å²) >= 11 is 6.26. The van der Waals surface area contributed by atoms with E-state index in [2.05, 4.69) is 9.88 Å². The van der Waals surface area contributed by atoms with Crippen molar-refractivity contribution >= 4 is 28.5 Å². The van der Waals surface area contributed by atoms with Crippen molar-refractivity contribution in [1.82, 2.24) is 14.9 Å². The van der Waals surface area contributed by atoms with Gasteiger partial charge >= 0.3 is 0 Å². The third-order valence-electron chi connectivity index (χ3n) is 5.28. The van der Waals surface area contributed by atoms with Crippen molar-refractivity contribution in [3.05, 3.63) is 88.7 Å². The average Bonchev–Trinajstić information content (AvgIpc) is 3.18. The Morgan fingerprint density at radius 3 is 2.42 bits per heavy atom. The van der Waals surface area contributed by atoms with Crippen LogP contribution in [0.1, 0.15) is 17.0 Å². The van der Waals surface area contributed by atoms with Gasteiger partial charge in [-0.25, -0.2) is 4.98 Å². The third kappa shape index (κ3) is 5.65. The molecule has 170 valence electrons. The molecule has 1 aromatic heterocycles. The van der Waals surface area contributed by atoms with E-state index >= 15 is 0 Å². The van der Waals surface area contributed by atoms with Gasteiger partial charge in [0.2, 0.25) is 0 Å². The molecule has 0 fully saturated rings. The zero-order valence-electron chi connectivity index (χ0n) is 18.7. The minimum absolute atomic E-state index is 0.0530. The predicted molar refractivity (Wildman–Crippen MR) is 130 cm³/mol. The molecule has 0 atom stereocenters. The number of carbonyl (C=O) groups is 1. The topological polar surface area (TPSA) is 65.4 Å². The molecule has 4 rings (SSSR count). The minimum Gasteiger partial charge on any atom is -0.492 e. The molecule has 0 aliphatic rings. The van der Waals surface area contributed by atoms with Crippen LogP contribution in [-0.2, 0) is 17.9 Å². The van der Waals surface area contributed by atoms with Crippen LogP contribution in [0.25, 0.3) is 11.0 Å². The number of rotatable bonds is 9. The summed E-state index contributed by atoms with van der Waals surface area (Å²) in [5.74, 6) is 1.99. The highest BCUT2D eigenvalue weighted by molar-refractivity contribution is 6.32. The molecule has 33 heavy (non-hydrogen) atoms. The van der Waals surface area contributed by atoms with E-state index in [0.29, 0.717) is 25.4 Å². The number of nitrogens with one attached hydrogen (secondary N) is 1. The van der Waals surface area contributed by atoms with E-state index in [1.807, 2.05) is 80.6 Å². The Kier molecular flexibility index (Phi) is 7.15. The number of para-hydroxylation sites is 3. The third-order valence-corrected chi connectivity index (χ3v) is 5.88. The van der Waals surface area contributed by atoms with Crippen LogP contribution in [0.3, 0.4) is 0 Å².